The van der Waals surface area contributed by atoms with Gasteiger partial charge in [-0.2, -0.15) is 0 Å². The molecule has 0 aliphatic heterocycles. The summed E-state index contributed by atoms with van der Waals surface area (Å²) in [7, 11) is 0.120. The minimum Gasteiger partial charge on any atom is -0.391 e. The monoisotopic (exact) mass is 565 g/mol. The molecule has 0 radical (unpaired) electrons. The van der Waals surface area contributed by atoms with Crippen molar-refractivity contribution >= 4 is 7.92 Å². The van der Waals surface area contributed by atoms with Crippen LogP contribution in [0.4, 0.5) is 0 Å². The summed E-state index contributed by atoms with van der Waals surface area (Å²) < 4.78 is 0. The largest absolute Gasteiger partial charge is 0.391 e. The summed E-state index contributed by atoms with van der Waals surface area (Å²) in [5.74, 6) is 0. The molecule has 0 amide bonds. The molecular formula is C27H36N4OPRu+. The van der Waals surface area contributed by atoms with E-state index in [0.29, 0.717) is 0 Å². The van der Waals surface area contributed by atoms with E-state index < -0.39 is 5.60 Å². The van der Waals surface area contributed by atoms with Gasteiger partial charge in [0.15, 0.2) is 0 Å². The van der Waals surface area contributed by atoms with Crippen molar-refractivity contribution in [2.45, 2.75) is 26.4 Å². The molecule has 0 aliphatic rings. The minimum absolute atomic E-state index is 0. The number of pyridine rings is 4. The van der Waals surface area contributed by atoms with E-state index in [-0.39, 0.29) is 27.4 Å². The molecule has 1 N–H and O–H groups in total. The quantitative estimate of drug-likeness (QED) is 0.234. The van der Waals surface area contributed by atoms with Crippen molar-refractivity contribution in [1.82, 2.24) is 19.9 Å². The molecule has 5 nitrogen and oxygen atoms in total. The fraction of sp³-hybridized carbons (Fsp3) is 0.259. The summed E-state index contributed by atoms with van der Waals surface area (Å²) in [6, 6.07) is 23.2. The first-order valence-corrected chi connectivity index (χ1v) is 13.8. The summed E-state index contributed by atoms with van der Waals surface area (Å²) in [4.78, 5) is 16.7. The first kappa shape index (κ1) is 31.6. The summed E-state index contributed by atoms with van der Waals surface area (Å²) in [6.07, 6.45) is 7.07. The molecule has 0 unspecified atom stereocenters. The molecule has 0 saturated carbocycles. The number of aromatic nitrogens is 4. The van der Waals surface area contributed by atoms with Crippen LogP contribution >= 0.6 is 7.92 Å². The van der Waals surface area contributed by atoms with E-state index in [0.717, 1.165) is 22.8 Å². The summed E-state index contributed by atoms with van der Waals surface area (Å²) in [5, 5.41) is 8.52. The van der Waals surface area contributed by atoms with E-state index in [2.05, 4.69) is 39.9 Å². The van der Waals surface area contributed by atoms with Crippen LogP contribution in [0.5, 0.6) is 0 Å². The van der Waals surface area contributed by atoms with Crippen LogP contribution in [0.15, 0.2) is 97.6 Å². The van der Waals surface area contributed by atoms with Gasteiger partial charge in [0, 0.05) is 64.3 Å². The van der Waals surface area contributed by atoms with Gasteiger partial charge in [0.1, 0.15) is 0 Å². The molecule has 182 valence electrons. The van der Waals surface area contributed by atoms with Crippen molar-refractivity contribution in [1.29, 1.82) is 0 Å². The fourth-order valence-corrected chi connectivity index (χ4v) is 2.06. The predicted octanol–water partition coefficient (Wildman–Crippen LogP) is 6.15. The Hall–Kier alpha value is -2.39. The van der Waals surface area contributed by atoms with E-state index in [1.54, 1.807) is 45.6 Å². The Bertz CT molecular complexity index is 826. The molecule has 4 heterocycles. The van der Waals surface area contributed by atoms with Gasteiger partial charge < -0.3 is 5.11 Å². The molecule has 0 spiro atoms. The number of aliphatic hydroxyl groups is 1. The van der Waals surface area contributed by atoms with E-state index >= 15 is 0 Å². The molecule has 0 aromatic carbocycles. The molecule has 0 fully saturated rings. The molecular weight excluding hydrogens is 528 g/mol. The maximum absolute atomic E-state index is 8.52. The summed E-state index contributed by atoms with van der Waals surface area (Å²) in [5.41, 5.74) is 3.16. The average Bonchev–Trinajstić information content (AvgIpc) is 2.80. The topological polar surface area (TPSA) is 71.8 Å². The number of rotatable bonds is 2. The first-order chi connectivity index (χ1) is 15.7. The minimum atomic E-state index is -0.500. The average molecular weight is 565 g/mol. The second-order valence-electron chi connectivity index (χ2n) is 8.53. The fourth-order valence-electron chi connectivity index (χ4n) is 2.06. The molecule has 4 aromatic rings. The van der Waals surface area contributed by atoms with E-state index in [1.807, 2.05) is 72.8 Å². The first-order valence-electron chi connectivity index (χ1n) is 10.8. The Morgan fingerprint density at radius 2 is 0.706 bits per heavy atom. The van der Waals surface area contributed by atoms with Crippen LogP contribution in [0.2, 0.25) is 0 Å². The van der Waals surface area contributed by atoms with Crippen LogP contribution in [0.3, 0.4) is 0 Å². The Balaban J connectivity index is 0.000000469. The molecule has 0 bridgehead atoms. The number of hydrogen-bond donors (Lipinski definition) is 1. The second-order valence-corrected chi connectivity index (χ2v) is 11.5. The summed E-state index contributed by atoms with van der Waals surface area (Å²) >= 11 is 0. The van der Waals surface area contributed by atoms with Crippen LogP contribution in [-0.2, 0) is 19.5 Å². The Labute approximate surface area is 218 Å². The van der Waals surface area contributed by atoms with Gasteiger partial charge in [-0.3, -0.25) is 19.9 Å². The van der Waals surface area contributed by atoms with Gasteiger partial charge in [0.2, 0.25) is 0 Å². The second kappa shape index (κ2) is 18.0. The third kappa shape index (κ3) is 17.1. The van der Waals surface area contributed by atoms with Gasteiger partial charge in [0.05, 0.1) is 28.4 Å². The van der Waals surface area contributed by atoms with E-state index in [9.17, 15) is 0 Å². The molecule has 0 atom stereocenters. The van der Waals surface area contributed by atoms with Gasteiger partial charge in [0.25, 0.3) is 0 Å². The standard InChI is InChI=1S/2C10H8N2.C4H10O.C3H9P.Ru/c2*1-3-7-11-9(5-1)10-6-2-4-8-12-10;1-4(2,3)5;1-4(2)3;/h2*1-8H;5H,1-3H3;1-3H3;/p+1. The molecule has 7 heteroatoms. The van der Waals surface area contributed by atoms with Crippen LogP contribution in [0.25, 0.3) is 22.8 Å². The Kier molecular flexibility index (Phi) is 16.7. The van der Waals surface area contributed by atoms with Crippen molar-refractivity contribution in [2.75, 3.05) is 20.0 Å². The van der Waals surface area contributed by atoms with Crippen molar-refractivity contribution in [3.63, 3.8) is 0 Å². The van der Waals surface area contributed by atoms with Crippen LogP contribution in [0.1, 0.15) is 20.8 Å². The predicted molar refractivity (Wildman–Crippen MR) is 143 cm³/mol. The van der Waals surface area contributed by atoms with Gasteiger partial charge in [-0.1, -0.05) is 24.3 Å². The van der Waals surface area contributed by atoms with E-state index in [1.165, 1.54) is 0 Å². The van der Waals surface area contributed by atoms with Crippen molar-refractivity contribution in [3.05, 3.63) is 97.6 Å². The molecule has 4 aromatic heterocycles. The Morgan fingerprint density at radius 3 is 0.824 bits per heavy atom. The normalized spacial score (nSPS) is 9.65. The smallest absolute Gasteiger partial charge is 0.0886 e. The SMILES string of the molecule is CC(C)(C)O.C[PH+](C)C.[Ru].c1ccc(-c2ccccn2)nc1.c1ccc(-c2ccccn2)nc1. The summed E-state index contributed by atoms with van der Waals surface area (Å²) in [6.45, 7) is 12.0. The zero-order valence-electron chi connectivity index (χ0n) is 20.8. The van der Waals surface area contributed by atoms with Gasteiger partial charge >= 0.3 is 0 Å². The maximum atomic E-state index is 8.52. The zero-order chi connectivity index (χ0) is 24.5. The number of nitrogens with zero attached hydrogens (tertiary/aromatic N) is 4. The Morgan fingerprint density at radius 1 is 0.529 bits per heavy atom. The van der Waals surface area contributed by atoms with Crippen molar-refractivity contribution < 1.29 is 24.6 Å². The van der Waals surface area contributed by atoms with E-state index in [4.69, 9.17) is 5.11 Å². The van der Waals surface area contributed by atoms with Crippen LogP contribution < -0.4 is 0 Å². The van der Waals surface area contributed by atoms with Gasteiger partial charge in [-0.15, -0.1) is 0 Å². The molecule has 4 rings (SSSR count). The van der Waals surface area contributed by atoms with Crippen LogP contribution in [0, 0.1) is 0 Å². The van der Waals surface area contributed by atoms with Gasteiger partial charge in [-0.05, 0) is 77.2 Å². The molecule has 0 aliphatic carbocycles. The van der Waals surface area contributed by atoms with Gasteiger partial charge in [-0.25, -0.2) is 0 Å². The zero-order valence-corrected chi connectivity index (χ0v) is 23.6. The molecule has 34 heavy (non-hydrogen) atoms. The third-order valence-corrected chi connectivity index (χ3v) is 3.18. The number of hydrogen-bond acceptors (Lipinski definition) is 5. The third-order valence-electron chi connectivity index (χ3n) is 3.18. The van der Waals surface area contributed by atoms with Crippen molar-refractivity contribution in [3.8, 4) is 22.8 Å². The molecule has 0 saturated heterocycles. The van der Waals surface area contributed by atoms with Crippen LogP contribution in [-0.4, -0.2) is 50.6 Å². The maximum Gasteiger partial charge on any atom is 0.0886 e. The van der Waals surface area contributed by atoms with Crippen molar-refractivity contribution in [2.24, 2.45) is 0 Å².